The van der Waals surface area contributed by atoms with Crippen molar-refractivity contribution in [3.63, 3.8) is 0 Å². The van der Waals surface area contributed by atoms with Gasteiger partial charge in [-0.2, -0.15) is 0 Å². The first-order chi connectivity index (χ1) is 14.6. The topological polar surface area (TPSA) is 73.3 Å². The van der Waals surface area contributed by atoms with E-state index in [1.54, 1.807) is 26.6 Å². The zero-order chi connectivity index (χ0) is 21.3. The van der Waals surface area contributed by atoms with Gasteiger partial charge in [0.25, 0.3) is 0 Å². The highest BCUT2D eigenvalue weighted by Crippen LogP contribution is 2.33. The van der Waals surface area contributed by atoms with Crippen LogP contribution in [-0.2, 0) is 4.79 Å². The highest BCUT2D eigenvalue weighted by atomic mass is 32.2. The molecule has 1 N–H and O–H groups in total. The second-order valence-electron chi connectivity index (χ2n) is 6.27. The fraction of sp³-hybridized carbons (Fsp3) is 0.227. The Morgan fingerprint density at radius 3 is 2.47 bits per heavy atom. The molecule has 0 aliphatic rings. The summed E-state index contributed by atoms with van der Waals surface area (Å²) in [4.78, 5) is 22.5. The molecule has 0 radical (unpaired) electrons. The molecule has 30 heavy (non-hydrogen) atoms. The van der Waals surface area contributed by atoms with E-state index in [9.17, 15) is 4.79 Å². The maximum absolute atomic E-state index is 12.6. The second-order valence-corrected chi connectivity index (χ2v) is 8.29. The molecule has 3 rings (SSSR count). The first-order valence-electron chi connectivity index (χ1n) is 9.28. The van der Waals surface area contributed by atoms with Crippen LogP contribution in [0.25, 0.3) is 0 Å². The van der Waals surface area contributed by atoms with Crippen molar-refractivity contribution in [3.8, 4) is 11.5 Å². The Bertz CT molecular complexity index is 986. The molecule has 0 saturated heterocycles. The van der Waals surface area contributed by atoms with Crippen LogP contribution in [0.1, 0.15) is 18.5 Å². The SMILES string of the molecule is COc1ccc(OC)c([C@@H](C)NC(=O)CSc2nccnc2Sc2ccccc2)c1. The van der Waals surface area contributed by atoms with Gasteiger partial charge in [0.05, 0.1) is 26.0 Å². The predicted octanol–water partition coefficient (Wildman–Crippen LogP) is 4.61. The zero-order valence-corrected chi connectivity index (χ0v) is 18.6. The summed E-state index contributed by atoms with van der Waals surface area (Å²) in [6.45, 7) is 1.92. The van der Waals surface area contributed by atoms with Crippen molar-refractivity contribution in [2.75, 3.05) is 20.0 Å². The van der Waals surface area contributed by atoms with Gasteiger partial charge in [-0.1, -0.05) is 41.7 Å². The van der Waals surface area contributed by atoms with Crippen LogP contribution in [0.3, 0.4) is 0 Å². The molecule has 0 spiro atoms. The Balaban J connectivity index is 1.63. The summed E-state index contributed by atoms with van der Waals surface area (Å²) in [6, 6.07) is 15.3. The molecule has 8 heteroatoms. The number of carbonyl (C=O) groups is 1. The van der Waals surface area contributed by atoms with Crippen molar-refractivity contribution in [1.29, 1.82) is 0 Å². The van der Waals surface area contributed by atoms with Crippen LogP contribution >= 0.6 is 23.5 Å². The molecule has 156 valence electrons. The van der Waals surface area contributed by atoms with Gasteiger partial charge in [-0.25, -0.2) is 9.97 Å². The van der Waals surface area contributed by atoms with Crippen LogP contribution in [0.15, 0.2) is 75.9 Å². The van der Waals surface area contributed by atoms with Crippen LogP contribution in [0.2, 0.25) is 0 Å². The number of hydrogen-bond donors (Lipinski definition) is 1. The lowest BCUT2D eigenvalue weighted by Crippen LogP contribution is -2.28. The van der Waals surface area contributed by atoms with Crippen molar-refractivity contribution in [3.05, 3.63) is 66.5 Å². The van der Waals surface area contributed by atoms with Gasteiger partial charge < -0.3 is 14.8 Å². The highest BCUT2D eigenvalue weighted by Gasteiger charge is 2.16. The van der Waals surface area contributed by atoms with Crippen molar-refractivity contribution < 1.29 is 14.3 Å². The minimum absolute atomic E-state index is 0.0984. The maximum Gasteiger partial charge on any atom is 0.230 e. The molecule has 1 heterocycles. The number of ether oxygens (including phenoxy) is 2. The zero-order valence-electron chi connectivity index (χ0n) is 17.0. The largest absolute Gasteiger partial charge is 0.497 e. The first kappa shape index (κ1) is 22.0. The maximum atomic E-state index is 12.6. The summed E-state index contributed by atoms with van der Waals surface area (Å²) in [5.74, 6) is 1.55. The normalized spacial score (nSPS) is 11.6. The number of carbonyl (C=O) groups excluding carboxylic acids is 1. The quantitative estimate of drug-likeness (QED) is 0.486. The van der Waals surface area contributed by atoms with E-state index in [0.29, 0.717) is 11.5 Å². The Hall–Kier alpha value is -2.71. The van der Waals surface area contributed by atoms with E-state index in [2.05, 4.69) is 15.3 Å². The molecule has 6 nitrogen and oxygen atoms in total. The van der Waals surface area contributed by atoms with Crippen LogP contribution in [0.5, 0.6) is 11.5 Å². The average molecular weight is 442 g/mol. The third-order valence-corrected chi connectivity index (χ3v) is 6.32. The predicted molar refractivity (Wildman–Crippen MR) is 119 cm³/mol. The van der Waals surface area contributed by atoms with Crippen molar-refractivity contribution in [1.82, 2.24) is 15.3 Å². The minimum atomic E-state index is -0.233. The van der Waals surface area contributed by atoms with E-state index >= 15 is 0 Å². The molecular formula is C22H23N3O3S2. The minimum Gasteiger partial charge on any atom is -0.497 e. The molecule has 0 aliphatic carbocycles. The number of amides is 1. The molecule has 0 fully saturated rings. The molecule has 1 aromatic heterocycles. The third kappa shape index (κ3) is 5.90. The summed E-state index contributed by atoms with van der Waals surface area (Å²) in [5.41, 5.74) is 0.857. The van der Waals surface area contributed by atoms with Gasteiger partial charge in [0.2, 0.25) is 5.91 Å². The van der Waals surface area contributed by atoms with Gasteiger partial charge in [-0.05, 0) is 37.3 Å². The van der Waals surface area contributed by atoms with Crippen LogP contribution in [0.4, 0.5) is 0 Å². The van der Waals surface area contributed by atoms with Crippen LogP contribution < -0.4 is 14.8 Å². The summed E-state index contributed by atoms with van der Waals surface area (Å²) < 4.78 is 10.7. The van der Waals surface area contributed by atoms with Crippen molar-refractivity contribution in [2.24, 2.45) is 0 Å². The van der Waals surface area contributed by atoms with Gasteiger partial charge in [0.1, 0.15) is 21.6 Å². The smallest absolute Gasteiger partial charge is 0.230 e. The van der Waals surface area contributed by atoms with Gasteiger partial charge in [0.15, 0.2) is 0 Å². The molecule has 0 saturated carbocycles. The van der Waals surface area contributed by atoms with Crippen molar-refractivity contribution >= 4 is 29.4 Å². The number of hydrogen-bond acceptors (Lipinski definition) is 7. The van der Waals surface area contributed by atoms with Crippen LogP contribution in [0, 0.1) is 0 Å². The number of rotatable bonds is 9. The molecular weight excluding hydrogens is 418 g/mol. The van der Waals surface area contributed by atoms with Gasteiger partial charge in [-0.3, -0.25) is 4.79 Å². The summed E-state index contributed by atoms with van der Waals surface area (Å²) >= 11 is 2.90. The molecule has 0 bridgehead atoms. The lowest BCUT2D eigenvalue weighted by molar-refractivity contribution is -0.119. The molecule has 1 atom stereocenters. The Morgan fingerprint density at radius 2 is 1.77 bits per heavy atom. The summed E-state index contributed by atoms with van der Waals surface area (Å²) in [6.07, 6.45) is 3.30. The van der Waals surface area contributed by atoms with E-state index in [0.717, 1.165) is 20.5 Å². The standard InChI is InChI=1S/C22H23N3O3S2/c1-15(18-13-16(27-2)9-10-19(18)28-3)25-20(26)14-29-21-22(24-12-11-23-21)30-17-7-5-4-6-8-17/h4-13,15H,14H2,1-3H3,(H,25,26)/t15-/m1/s1. The summed E-state index contributed by atoms with van der Waals surface area (Å²) in [5, 5.41) is 4.52. The first-order valence-corrected chi connectivity index (χ1v) is 11.1. The fourth-order valence-corrected chi connectivity index (χ4v) is 4.49. The third-order valence-electron chi connectivity index (χ3n) is 4.21. The Morgan fingerprint density at radius 1 is 1.03 bits per heavy atom. The van der Waals surface area contributed by atoms with E-state index in [4.69, 9.17) is 9.47 Å². The molecule has 0 unspecified atom stereocenters. The van der Waals surface area contributed by atoms with Crippen LogP contribution in [-0.4, -0.2) is 35.8 Å². The lowest BCUT2D eigenvalue weighted by Gasteiger charge is -2.18. The molecule has 2 aromatic carbocycles. The lowest BCUT2D eigenvalue weighted by atomic mass is 10.1. The van der Waals surface area contributed by atoms with E-state index in [-0.39, 0.29) is 17.7 Å². The molecule has 3 aromatic rings. The second kappa shape index (κ2) is 10.9. The van der Waals surface area contributed by atoms with Gasteiger partial charge >= 0.3 is 0 Å². The van der Waals surface area contributed by atoms with E-state index < -0.39 is 0 Å². The Labute approximate surface area is 184 Å². The number of nitrogens with zero attached hydrogens (tertiary/aromatic N) is 2. The summed E-state index contributed by atoms with van der Waals surface area (Å²) in [7, 11) is 3.22. The van der Waals surface area contributed by atoms with E-state index in [1.165, 1.54) is 23.5 Å². The monoisotopic (exact) mass is 441 g/mol. The van der Waals surface area contributed by atoms with E-state index in [1.807, 2.05) is 55.5 Å². The molecule has 0 aliphatic heterocycles. The van der Waals surface area contributed by atoms with Gasteiger partial charge in [-0.15, -0.1) is 0 Å². The molecule has 1 amide bonds. The fourth-order valence-electron chi connectivity index (χ4n) is 2.75. The number of thioether (sulfide) groups is 1. The van der Waals surface area contributed by atoms with Gasteiger partial charge in [0, 0.05) is 22.9 Å². The van der Waals surface area contributed by atoms with Crippen molar-refractivity contribution in [2.45, 2.75) is 27.9 Å². The Kier molecular flexibility index (Phi) is 7.98. The number of nitrogens with one attached hydrogen (secondary N) is 1. The number of aromatic nitrogens is 2. The number of benzene rings is 2. The highest BCUT2D eigenvalue weighted by molar-refractivity contribution is 8.02. The average Bonchev–Trinajstić information content (AvgIpc) is 2.78. The number of methoxy groups -OCH3 is 2.